The number of likely N-dealkylation sites (tertiary alicyclic amines) is 1. The second kappa shape index (κ2) is 15.3. The van der Waals surface area contributed by atoms with Crippen molar-refractivity contribution in [2.24, 2.45) is 11.3 Å². The normalized spacial score (nSPS) is 22.8. The molecule has 5 rings (SSSR count). The van der Waals surface area contributed by atoms with Gasteiger partial charge in [0.1, 0.15) is 29.4 Å². The Hall–Kier alpha value is -4.77. The van der Waals surface area contributed by atoms with E-state index in [2.05, 4.69) is 17.2 Å². The number of hydrogen-bond donors (Lipinski definition) is 4. The third-order valence-corrected chi connectivity index (χ3v) is 11.1. The van der Waals surface area contributed by atoms with E-state index in [0.717, 1.165) is 9.87 Å². The van der Waals surface area contributed by atoms with Crippen LogP contribution in [0.1, 0.15) is 33.6 Å². The van der Waals surface area contributed by atoms with E-state index < -0.39 is 69.4 Å². The van der Waals surface area contributed by atoms with E-state index in [4.69, 9.17) is 19.2 Å². The SMILES string of the molecule is C=CC1C[C@]1(NC(=O)[C@@H]1C[C@@H](Oc2cc(-c3ccccc3)nc3cc(OC)ccc23)CN1C(O)[C@@H](NC(=O)OC)C(C)(C)C)C(=O)NS(=O)(=O)N(C)C. The molecule has 2 heterocycles. The van der Waals surface area contributed by atoms with E-state index in [9.17, 15) is 27.9 Å². The van der Waals surface area contributed by atoms with E-state index in [1.807, 2.05) is 68.0 Å². The lowest BCUT2D eigenvalue weighted by molar-refractivity contribution is -0.136. The molecular weight excluding hydrogens is 705 g/mol. The molecule has 15 nitrogen and oxygen atoms in total. The molecule has 0 radical (unpaired) electrons. The predicted molar refractivity (Wildman–Crippen MR) is 198 cm³/mol. The Morgan fingerprint density at radius 3 is 2.40 bits per heavy atom. The van der Waals surface area contributed by atoms with E-state index >= 15 is 0 Å². The number of aliphatic hydroxyl groups excluding tert-OH is 1. The fourth-order valence-corrected chi connectivity index (χ4v) is 7.15. The molecule has 2 fully saturated rings. The number of alkyl carbamates (subject to hydrolysis) is 1. The maximum atomic E-state index is 14.3. The molecule has 4 N–H and O–H groups in total. The number of pyridine rings is 1. The van der Waals surface area contributed by atoms with Crippen LogP contribution in [0.2, 0.25) is 0 Å². The first-order valence-corrected chi connectivity index (χ1v) is 18.6. The molecule has 1 saturated heterocycles. The monoisotopic (exact) mass is 752 g/mol. The summed E-state index contributed by atoms with van der Waals surface area (Å²) in [5.74, 6) is -1.01. The van der Waals surface area contributed by atoms with Crippen LogP contribution in [0.15, 0.2) is 67.3 Å². The number of benzene rings is 2. The second-order valence-electron chi connectivity index (χ2n) is 14.6. The van der Waals surface area contributed by atoms with Crippen molar-refractivity contribution in [1.29, 1.82) is 0 Å². The predicted octanol–water partition coefficient (Wildman–Crippen LogP) is 2.80. The average Bonchev–Trinajstić information content (AvgIpc) is 3.68. The molecule has 1 saturated carbocycles. The Morgan fingerprint density at radius 2 is 1.81 bits per heavy atom. The highest BCUT2D eigenvalue weighted by Gasteiger charge is 2.61. The van der Waals surface area contributed by atoms with Crippen LogP contribution in [0, 0.1) is 11.3 Å². The van der Waals surface area contributed by atoms with Gasteiger partial charge in [-0.15, -0.1) is 6.58 Å². The summed E-state index contributed by atoms with van der Waals surface area (Å²) in [5, 5.41) is 18.2. The van der Waals surface area contributed by atoms with Gasteiger partial charge in [0.15, 0.2) is 0 Å². The van der Waals surface area contributed by atoms with Gasteiger partial charge in [0.05, 0.1) is 37.5 Å². The number of aliphatic hydroxyl groups is 1. The number of nitrogens with one attached hydrogen (secondary N) is 3. The van der Waals surface area contributed by atoms with Gasteiger partial charge in [-0.25, -0.2) is 14.5 Å². The van der Waals surface area contributed by atoms with Crippen LogP contribution in [0.3, 0.4) is 0 Å². The van der Waals surface area contributed by atoms with Crippen LogP contribution in [-0.4, -0.2) is 110 Å². The van der Waals surface area contributed by atoms with Crippen molar-refractivity contribution in [3.8, 4) is 22.8 Å². The standard InChI is InChI=1S/C37H48N6O9S/c1-9-23-20-37(23,34(46)41-53(48,49)42(5)6)40-32(44)29-18-25(21-43(29)33(45)31(36(2,3)4)39-35(47)51-8)52-30-19-27(22-13-11-10-12-14-22)38-28-17-24(50-7)15-16-26(28)30/h9-17,19,23,25,29,31,33,45H,1,18,20-21H2,2-8H3,(H,39,47)(H,40,44)(H,41,46)/t23?,25-,29+,31-,33?,37-/m1/s1. The average molecular weight is 753 g/mol. The first-order valence-electron chi connectivity index (χ1n) is 17.1. The minimum absolute atomic E-state index is 0.0361. The van der Waals surface area contributed by atoms with Gasteiger partial charge in [-0.05, 0) is 24.0 Å². The third-order valence-electron chi connectivity index (χ3n) is 9.73. The molecule has 286 valence electrons. The Morgan fingerprint density at radius 1 is 1.11 bits per heavy atom. The van der Waals surface area contributed by atoms with Crippen LogP contribution in [-0.2, 0) is 24.5 Å². The summed E-state index contributed by atoms with van der Waals surface area (Å²) in [4.78, 5) is 46.6. The van der Waals surface area contributed by atoms with Crippen molar-refractivity contribution >= 4 is 39.0 Å². The van der Waals surface area contributed by atoms with Gasteiger partial charge in [0.2, 0.25) is 5.91 Å². The Labute approximate surface area is 309 Å². The highest BCUT2D eigenvalue weighted by atomic mass is 32.2. The van der Waals surface area contributed by atoms with E-state index in [1.165, 1.54) is 32.2 Å². The van der Waals surface area contributed by atoms with Crippen LogP contribution in [0.5, 0.6) is 11.5 Å². The van der Waals surface area contributed by atoms with Crippen molar-refractivity contribution in [3.63, 3.8) is 0 Å². The number of fused-ring (bicyclic) bond motifs is 1. The largest absolute Gasteiger partial charge is 0.497 e. The van der Waals surface area contributed by atoms with Crippen LogP contribution in [0.4, 0.5) is 4.79 Å². The summed E-state index contributed by atoms with van der Waals surface area (Å²) < 4.78 is 45.0. The summed E-state index contributed by atoms with van der Waals surface area (Å²) >= 11 is 0. The highest BCUT2D eigenvalue weighted by molar-refractivity contribution is 7.87. The number of carbonyl (C=O) groups is 3. The molecule has 1 aliphatic carbocycles. The summed E-state index contributed by atoms with van der Waals surface area (Å²) in [6.07, 6.45) is -1.21. The fourth-order valence-electron chi connectivity index (χ4n) is 6.55. The van der Waals surface area contributed by atoms with Crippen molar-refractivity contribution in [2.45, 2.75) is 63.6 Å². The minimum atomic E-state index is -4.17. The van der Waals surface area contributed by atoms with Gasteiger partial charge < -0.3 is 30.0 Å². The van der Waals surface area contributed by atoms with Gasteiger partial charge in [-0.1, -0.05) is 57.2 Å². The summed E-state index contributed by atoms with van der Waals surface area (Å²) in [6.45, 7) is 9.26. The molecule has 1 aliphatic heterocycles. The molecule has 16 heteroatoms. The lowest BCUT2D eigenvalue weighted by Gasteiger charge is -2.40. The van der Waals surface area contributed by atoms with E-state index in [-0.39, 0.29) is 19.4 Å². The van der Waals surface area contributed by atoms with Crippen molar-refractivity contribution in [1.82, 2.24) is 29.5 Å². The maximum absolute atomic E-state index is 14.3. The smallest absolute Gasteiger partial charge is 0.407 e. The summed E-state index contributed by atoms with van der Waals surface area (Å²) in [6, 6.07) is 14.8. The lowest BCUT2D eigenvalue weighted by Crippen LogP contribution is -2.62. The zero-order valence-corrected chi connectivity index (χ0v) is 31.8. The summed E-state index contributed by atoms with van der Waals surface area (Å²) in [5.41, 5.74) is -0.193. The molecule has 6 atom stereocenters. The number of aromatic nitrogens is 1. The Kier molecular flexibility index (Phi) is 11.4. The first-order chi connectivity index (χ1) is 24.9. The van der Waals surface area contributed by atoms with E-state index in [1.54, 1.807) is 19.2 Å². The molecule has 2 unspecified atom stereocenters. The van der Waals surface area contributed by atoms with Crippen molar-refractivity contribution < 1.29 is 42.1 Å². The van der Waals surface area contributed by atoms with Gasteiger partial charge in [-0.3, -0.25) is 14.5 Å². The fraction of sp³-hybridized carbons (Fsp3) is 0.459. The molecule has 3 amide bonds. The number of nitrogens with zero attached hydrogens (tertiary/aromatic N) is 3. The first kappa shape index (κ1) is 39.4. The van der Waals surface area contributed by atoms with Crippen LogP contribution >= 0.6 is 0 Å². The number of hydrogen-bond acceptors (Lipinski definition) is 11. The number of amides is 3. The number of rotatable bonds is 13. The molecule has 53 heavy (non-hydrogen) atoms. The number of ether oxygens (including phenoxy) is 3. The van der Waals surface area contributed by atoms with Gasteiger partial charge in [0, 0.05) is 56.1 Å². The highest BCUT2D eigenvalue weighted by Crippen LogP contribution is 2.45. The molecule has 0 bridgehead atoms. The van der Waals surface area contributed by atoms with Gasteiger partial charge in [0.25, 0.3) is 5.91 Å². The molecule has 2 aromatic carbocycles. The number of methoxy groups -OCH3 is 2. The second-order valence-corrected chi connectivity index (χ2v) is 16.4. The minimum Gasteiger partial charge on any atom is -0.497 e. The van der Waals surface area contributed by atoms with Crippen molar-refractivity contribution in [3.05, 3.63) is 67.3 Å². The molecule has 2 aliphatic rings. The molecule has 1 aromatic heterocycles. The van der Waals surface area contributed by atoms with Crippen molar-refractivity contribution in [2.75, 3.05) is 34.9 Å². The zero-order chi connectivity index (χ0) is 38.9. The molecular formula is C37H48N6O9S. The summed E-state index contributed by atoms with van der Waals surface area (Å²) in [7, 11) is 1.16. The maximum Gasteiger partial charge on any atom is 0.407 e. The Balaban J connectivity index is 1.52. The zero-order valence-electron chi connectivity index (χ0n) is 31.0. The topological polar surface area (TPSA) is 189 Å². The Bertz CT molecular complexity index is 1970. The van der Waals surface area contributed by atoms with Gasteiger partial charge >= 0.3 is 16.3 Å². The molecule has 0 spiro atoms. The molecule has 3 aromatic rings. The lowest BCUT2D eigenvalue weighted by atomic mass is 9.85. The number of carbonyl (C=O) groups excluding carboxylic acids is 3. The van der Waals surface area contributed by atoms with Crippen LogP contribution < -0.4 is 24.8 Å². The quantitative estimate of drug-likeness (QED) is 0.188. The van der Waals surface area contributed by atoms with Gasteiger partial charge in [-0.2, -0.15) is 12.7 Å². The van der Waals surface area contributed by atoms with E-state index in [0.29, 0.717) is 28.1 Å². The van der Waals surface area contributed by atoms with Crippen LogP contribution in [0.25, 0.3) is 22.2 Å². The third kappa shape index (κ3) is 8.40.